The van der Waals surface area contributed by atoms with Gasteiger partial charge in [0, 0.05) is 17.4 Å². The summed E-state index contributed by atoms with van der Waals surface area (Å²) in [5.41, 5.74) is 2.87. The Kier molecular flexibility index (Phi) is 3.98. The fraction of sp³-hybridized carbons (Fsp3) is 0.133. The van der Waals surface area contributed by atoms with E-state index in [0.29, 0.717) is 5.69 Å². The van der Waals surface area contributed by atoms with Crippen LogP contribution in [0.25, 0.3) is 0 Å². The Hall–Kier alpha value is -2.43. The number of urea groups is 1. The Bertz CT molecular complexity index is 636. The first-order valence-electron chi connectivity index (χ1n) is 6.05. The minimum Gasteiger partial charge on any atom is -0.308 e. The summed E-state index contributed by atoms with van der Waals surface area (Å²) in [5, 5.41) is 5.08. The van der Waals surface area contributed by atoms with Crippen LogP contribution in [0.3, 0.4) is 0 Å². The average molecular weight is 276 g/mol. The number of amides is 2. The van der Waals surface area contributed by atoms with Gasteiger partial charge in [-0.15, -0.1) is 0 Å². The molecule has 0 saturated heterocycles. The Morgan fingerprint density at radius 1 is 0.850 bits per heavy atom. The fourth-order valence-corrected chi connectivity index (χ4v) is 1.91. The molecule has 0 fully saturated rings. The second-order valence-electron chi connectivity index (χ2n) is 4.58. The van der Waals surface area contributed by atoms with Crippen LogP contribution in [0.1, 0.15) is 11.1 Å². The number of rotatable bonds is 2. The molecular weight excluding hydrogens is 262 g/mol. The van der Waals surface area contributed by atoms with Crippen molar-refractivity contribution in [2.75, 3.05) is 10.6 Å². The predicted octanol–water partition coefficient (Wildman–Crippen LogP) is 4.23. The van der Waals surface area contributed by atoms with Crippen LogP contribution in [-0.4, -0.2) is 6.03 Å². The van der Waals surface area contributed by atoms with Crippen LogP contribution in [0.15, 0.2) is 36.4 Å². The van der Waals surface area contributed by atoms with Gasteiger partial charge >= 0.3 is 6.03 Å². The first kappa shape index (κ1) is 14.0. The zero-order valence-electron chi connectivity index (χ0n) is 11.1. The van der Waals surface area contributed by atoms with E-state index in [1.165, 1.54) is 6.07 Å². The number of aryl methyl sites for hydroxylation is 2. The van der Waals surface area contributed by atoms with Gasteiger partial charge < -0.3 is 10.6 Å². The quantitative estimate of drug-likeness (QED) is 0.847. The first-order valence-corrected chi connectivity index (χ1v) is 6.05. The molecule has 0 aliphatic rings. The third-order valence-electron chi connectivity index (χ3n) is 2.66. The lowest BCUT2D eigenvalue weighted by Crippen LogP contribution is -2.19. The van der Waals surface area contributed by atoms with E-state index < -0.39 is 17.7 Å². The minimum atomic E-state index is -1.01. The van der Waals surface area contributed by atoms with E-state index in [2.05, 4.69) is 10.6 Å². The van der Waals surface area contributed by atoms with Crippen molar-refractivity contribution in [2.24, 2.45) is 0 Å². The third kappa shape index (κ3) is 3.54. The van der Waals surface area contributed by atoms with Gasteiger partial charge in [0.2, 0.25) is 0 Å². The number of benzene rings is 2. The van der Waals surface area contributed by atoms with Crippen molar-refractivity contribution in [1.29, 1.82) is 0 Å². The molecular formula is C15H14F2N2O. The molecule has 3 nitrogen and oxygen atoms in total. The van der Waals surface area contributed by atoms with Gasteiger partial charge in [0.05, 0.1) is 0 Å². The van der Waals surface area contributed by atoms with Crippen molar-refractivity contribution in [3.05, 3.63) is 59.2 Å². The zero-order valence-corrected chi connectivity index (χ0v) is 11.1. The molecule has 0 saturated carbocycles. The van der Waals surface area contributed by atoms with Gasteiger partial charge in [-0.3, -0.25) is 0 Å². The lowest BCUT2D eigenvalue weighted by molar-refractivity contribution is 0.262. The Labute approximate surface area is 115 Å². The molecule has 2 aromatic rings. The molecule has 0 heterocycles. The van der Waals surface area contributed by atoms with Crippen molar-refractivity contribution in [2.45, 2.75) is 13.8 Å². The number of hydrogen-bond acceptors (Lipinski definition) is 1. The Morgan fingerprint density at radius 2 is 1.45 bits per heavy atom. The highest BCUT2D eigenvalue weighted by atomic mass is 19.2. The molecule has 0 aromatic heterocycles. The largest absolute Gasteiger partial charge is 0.323 e. The number of anilines is 2. The predicted molar refractivity (Wildman–Crippen MR) is 74.9 cm³/mol. The lowest BCUT2D eigenvalue weighted by Gasteiger charge is -2.09. The summed E-state index contributed by atoms with van der Waals surface area (Å²) in [6.07, 6.45) is 0. The maximum absolute atomic E-state index is 13.0. The minimum absolute atomic E-state index is 0.186. The molecule has 2 amide bonds. The van der Waals surface area contributed by atoms with Gasteiger partial charge in [-0.25, -0.2) is 13.6 Å². The molecule has 0 unspecified atom stereocenters. The summed E-state index contributed by atoms with van der Waals surface area (Å²) in [6, 6.07) is 8.28. The molecule has 0 spiro atoms. The smallest absolute Gasteiger partial charge is 0.308 e. The highest BCUT2D eigenvalue weighted by Crippen LogP contribution is 2.16. The molecule has 0 radical (unpaired) electrons. The standard InChI is InChI=1S/C15H14F2N2O/c1-9-5-10(2)7-12(6-9)19-15(20)18-11-3-4-13(16)14(17)8-11/h3-8H,1-2H3,(H2,18,19,20). The van der Waals surface area contributed by atoms with Gasteiger partial charge in [0.1, 0.15) is 0 Å². The molecule has 5 heteroatoms. The summed E-state index contributed by atoms with van der Waals surface area (Å²) in [4.78, 5) is 11.8. The van der Waals surface area contributed by atoms with E-state index in [4.69, 9.17) is 0 Å². The molecule has 0 aliphatic carbocycles. The van der Waals surface area contributed by atoms with Crippen molar-refractivity contribution in [3.8, 4) is 0 Å². The molecule has 0 aliphatic heterocycles. The first-order chi connectivity index (χ1) is 9.44. The van der Waals surface area contributed by atoms with E-state index in [1.54, 1.807) is 0 Å². The van der Waals surface area contributed by atoms with Gasteiger partial charge in [0.25, 0.3) is 0 Å². The maximum Gasteiger partial charge on any atom is 0.323 e. The molecule has 104 valence electrons. The van der Waals surface area contributed by atoms with E-state index in [9.17, 15) is 13.6 Å². The maximum atomic E-state index is 13.0. The van der Waals surface area contributed by atoms with Crippen LogP contribution in [0, 0.1) is 25.5 Å². The summed E-state index contributed by atoms with van der Waals surface area (Å²) in [5.74, 6) is -1.96. The number of carbonyl (C=O) groups excluding carboxylic acids is 1. The van der Waals surface area contributed by atoms with Crippen LogP contribution in [0.5, 0.6) is 0 Å². The van der Waals surface area contributed by atoms with Crippen LogP contribution in [0.2, 0.25) is 0 Å². The molecule has 2 rings (SSSR count). The van der Waals surface area contributed by atoms with E-state index in [0.717, 1.165) is 23.3 Å². The normalized spacial score (nSPS) is 10.2. The second-order valence-corrected chi connectivity index (χ2v) is 4.58. The van der Waals surface area contributed by atoms with E-state index in [-0.39, 0.29) is 5.69 Å². The lowest BCUT2D eigenvalue weighted by atomic mass is 10.1. The Morgan fingerprint density at radius 3 is 2.05 bits per heavy atom. The highest BCUT2D eigenvalue weighted by molar-refractivity contribution is 5.99. The second kappa shape index (κ2) is 5.69. The monoisotopic (exact) mass is 276 g/mol. The molecule has 0 bridgehead atoms. The van der Waals surface area contributed by atoms with E-state index in [1.807, 2.05) is 32.0 Å². The van der Waals surface area contributed by atoms with E-state index >= 15 is 0 Å². The number of nitrogens with one attached hydrogen (secondary N) is 2. The van der Waals surface area contributed by atoms with Crippen molar-refractivity contribution >= 4 is 17.4 Å². The van der Waals surface area contributed by atoms with Crippen LogP contribution in [0.4, 0.5) is 25.0 Å². The number of halogens is 2. The molecule has 20 heavy (non-hydrogen) atoms. The number of hydrogen-bond donors (Lipinski definition) is 2. The van der Waals surface area contributed by atoms with Gasteiger partial charge in [-0.1, -0.05) is 6.07 Å². The Balaban J connectivity index is 2.06. The van der Waals surface area contributed by atoms with Crippen molar-refractivity contribution < 1.29 is 13.6 Å². The average Bonchev–Trinajstić information content (AvgIpc) is 2.32. The van der Waals surface area contributed by atoms with Gasteiger partial charge in [-0.2, -0.15) is 0 Å². The molecule has 2 N–H and O–H groups in total. The summed E-state index contributed by atoms with van der Waals surface area (Å²) in [6.45, 7) is 3.84. The van der Waals surface area contributed by atoms with Crippen LogP contribution < -0.4 is 10.6 Å². The topological polar surface area (TPSA) is 41.1 Å². The van der Waals surface area contributed by atoms with Gasteiger partial charge in [-0.05, 0) is 49.2 Å². The van der Waals surface area contributed by atoms with Gasteiger partial charge in [0.15, 0.2) is 11.6 Å². The third-order valence-corrected chi connectivity index (χ3v) is 2.66. The SMILES string of the molecule is Cc1cc(C)cc(NC(=O)Nc2ccc(F)c(F)c2)c1. The number of carbonyl (C=O) groups is 1. The fourth-order valence-electron chi connectivity index (χ4n) is 1.91. The van der Waals surface area contributed by atoms with Crippen LogP contribution >= 0.6 is 0 Å². The summed E-state index contributed by atoms with van der Waals surface area (Å²) < 4.78 is 25.8. The zero-order chi connectivity index (χ0) is 14.7. The molecule has 0 atom stereocenters. The molecule has 2 aromatic carbocycles. The van der Waals surface area contributed by atoms with Crippen LogP contribution in [-0.2, 0) is 0 Å². The summed E-state index contributed by atoms with van der Waals surface area (Å²) in [7, 11) is 0. The van der Waals surface area contributed by atoms with Crippen molar-refractivity contribution in [3.63, 3.8) is 0 Å². The summed E-state index contributed by atoms with van der Waals surface area (Å²) >= 11 is 0. The van der Waals surface area contributed by atoms with Crippen molar-refractivity contribution in [1.82, 2.24) is 0 Å². The highest BCUT2D eigenvalue weighted by Gasteiger charge is 2.06.